The van der Waals surface area contributed by atoms with Gasteiger partial charge in [-0.15, -0.1) is 0 Å². The molecule has 2 rings (SSSR count). The molecule has 1 aromatic rings. The van der Waals surface area contributed by atoms with E-state index in [-0.39, 0.29) is 32.1 Å². The Morgan fingerprint density at radius 3 is 2.90 bits per heavy atom. The number of amides is 2. The monoisotopic (exact) mass is 312 g/mol. The average molecular weight is 313 g/mol. The maximum Gasteiger partial charge on any atom is 0.254 e. The molecular weight excluding hydrogens is 296 g/mol. The number of benzene rings is 1. The summed E-state index contributed by atoms with van der Waals surface area (Å²) < 4.78 is 5.27. The maximum atomic E-state index is 12.5. The molecule has 21 heavy (non-hydrogen) atoms. The van der Waals surface area contributed by atoms with Crippen LogP contribution in [0, 0.1) is 0 Å². The highest BCUT2D eigenvalue weighted by Gasteiger charge is 2.36. The van der Waals surface area contributed by atoms with Gasteiger partial charge in [0.1, 0.15) is 5.60 Å². The number of nitrogens with two attached hydrogens (primary N) is 1. The molecule has 1 aliphatic heterocycles. The van der Waals surface area contributed by atoms with E-state index in [2.05, 4.69) is 0 Å². The molecule has 1 fully saturated rings. The highest BCUT2D eigenvalue weighted by Crippen LogP contribution is 2.19. The van der Waals surface area contributed by atoms with Crippen LogP contribution in [0.5, 0.6) is 0 Å². The second kappa shape index (κ2) is 6.43. The number of carbonyl (C=O) groups excluding carboxylic acids is 2. The number of hydrogen-bond donors (Lipinski definition) is 2. The van der Waals surface area contributed by atoms with Gasteiger partial charge in [-0.05, 0) is 18.2 Å². The largest absolute Gasteiger partial charge is 0.385 e. The van der Waals surface area contributed by atoms with E-state index in [1.807, 2.05) is 0 Å². The first kappa shape index (κ1) is 15.8. The number of primary amides is 1. The van der Waals surface area contributed by atoms with Crippen LogP contribution < -0.4 is 5.73 Å². The summed E-state index contributed by atoms with van der Waals surface area (Å²) in [4.78, 5) is 25.0. The SMILES string of the molecule is NC(=O)CC1(O)COCCN(C(=O)c2cccc(Cl)c2)C1. The molecule has 114 valence electrons. The Labute approximate surface area is 127 Å². The third-order valence-electron chi connectivity index (χ3n) is 3.22. The van der Waals surface area contributed by atoms with Crippen LogP contribution in [0.4, 0.5) is 0 Å². The minimum atomic E-state index is -1.46. The number of ether oxygens (including phenoxy) is 1. The van der Waals surface area contributed by atoms with Crippen LogP contribution in [0.3, 0.4) is 0 Å². The molecule has 3 N–H and O–H groups in total. The van der Waals surface area contributed by atoms with E-state index in [1.165, 1.54) is 4.90 Å². The van der Waals surface area contributed by atoms with Crippen molar-refractivity contribution in [3.05, 3.63) is 34.9 Å². The van der Waals surface area contributed by atoms with Gasteiger partial charge in [-0.25, -0.2) is 0 Å². The van der Waals surface area contributed by atoms with Gasteiger partial charge in [0.05, 0.1) is 26.2 Å². The highest BCUT2D eigenvalue weighted by atomic mass is 35.5. The summed E-state index contributed by atoms with van der Waals surface area (Å²) in [7, 11) is 0. The fourth-order valence-electron chi connectivity index (χ4n) is 2.33. The van der Waals surface area contributed by atoms with E-state index >= 15 is 0 Å². The van der Waals surface area contributed by atoms with E-state index in [1.54, 1.807) is 24.3 Å². The van der Waals surface area contributed by atoms with Crippen molar-refractivity contribution in [2.45, 2.75) is 12.0 Å². The van der Waals surface area contributed by atoms with Gasteiger partial charge in [0.15, 0.2) is 0 Å². The summed E-state index contributed by atoms with van der Waals surface area (Å²) in [6, 6.07) is 6.56. The van der Waals surface area contributed by atoms with Crippen molar-refractivity contribution in [1.82, 2.24) is 4.90 Å². The fourth-order valence-corrected chi connectivity index (χ4v) is 2.52. The summed E-state index contributed by atoms with van der Waals surface area (Å²) in [5, 5.41) is 10.9. The van der Waals surface area contributed by atoms with Gasteiger partial charge in [0.2, 0.25) is 5.91 Å². The predicted octanol–water partition coefficient (Wildman–Crippen LogP) is 0.419. The summed E-state index contributed by atoms with van der Waals surface area (Å²) >= 11 is 5.88. The average Bonchev–Trinajstić information content (AvgIpc) is 2.59. The van der Waals surface area contributed by atoms with Crippen LogP contribution in [0.25, 0.3) is 0 Å². The quantitative estimate of drug-likeness (QED) is 0.846. The molecule has 0 radical (unpaired) electrons. The van der Waals surface area contributed by atoms with Crippen LogP contribution >= 0.6 is 11.6 Å². The van der Waals surface area contributed by atoms with Gasteiger partial charge in [-0.3, -0.25) is 9.59 Å². The van der Waals surface area contributed by atoms with Gasteiger partial charge in [0, 0.05) is 17.1 Å². The van der Waals surface area contributed by atoms with Crippen molar-refractivity contribution in [2.24, 2.45) is 5.73 Å². The minimum absolute atomic E-state index is 0.0126. The Kier molecular flexibility index (Phi) is 4.82. The highest BCUT2D eigenvalue weighted by molar-refractivity contribution is 6.30. The molecule has 1 saturated heterocycles. The second-order valence-corrected chi connectivity index (χ2v) is 5.59. The Balaban J connectivity index is 2.17. The van der Waals surface area contributed by atoms with E-state index in [9.17, 15) is 14.7 Å². The van der Waals surface area contributed by atoms with E-state index in [0.29, 0.717) is 17.1 Å². The molecule has 6 nitrogen and oxygen atoms in total. The topological polar surface area (TPSA) is 92.9 Å². The van der Waals surface area contributed by atoms with Crippen molar-refractivity contribution in [3.8, 4) is 0 Å². The normalized spacial score (nSPS) is 22.7. The Hall–Kier alpha value is -1.63. The number of carbonyl (C=O) groups is 2. The lowest BCUT2D eigenvalue weighted by atomic mass is 9.99. The summed E-state index contributed by atoms with van der Waals surface area (Å²) in [5.41, 5.74) is 4.10. The third-order valence-corrected chi connectivity index (χ3v) is 3.46. The lowest BCUT2D eigenvalue weighted by Gasteiger charge is -2.29. The minimum Gasteiger partial charge on any atom is -0.385 e. The first-order valence-electron chi connectivity index (χ1n) is 6.53. The second-order valence-electron chi connectivity index (χ2n) is 5.16. The molecule has 1 aromatic carbocycles. The van der Waals surface area contributed by atoms with Crippen LogP contribution in [-0.2, 0) is 9.53 Å². The number of halogens is 1. The Morgan fingerprint density at radius 1 is 1.48 bits per heavy atom. The number of aliphatic hydroxyl groups is 1. The summed E-state index contributed by atoms with van der Waals surface area (Å²) in [5.74, 6) is -0.913. The predicted molar refractivity (Wildman–Crippen MR) is 76.9 cm³/mol. The lowest BCUT2D eigenvalue weighted by Crippen LogP contribution is -2.48. The molecule has 1 heterocycles. The summed E-state index contributed by atoms with van der Waals surface area (Å²) in [6.45, 7) is 0.566. The standard InChI is InChI=1S/C14H17ClN2O4/c15-11-3-1-2-10(6-11)13(19)17-4-5-21-9-14(20,8-17)7-12(16)18/h1-3,6,20H,4-5,7-9H2,(H2,16,18). The third kappa shape index (κ3) is 4.17. The van der Waals surface area contributed by atoms with Crippen LogP contribution in [0.2, 0.25) is 5.02 Å². The van der Waals surface area contributed by atoms with Crippen molar-refractivity contribution in [3.63, 3.8) is 0 Å². The van der Waals surface area contributed by atoms with E-state index in [0.717, 1.165) is 0 Å². The van der Waals surface area contributed by atoms with Crippen molar-refractivity contribution < 1.29 is 19.4 Å². The molecule has 1 unspecified atom stereocenters. The van der Waals surface area contributed by atoms with Crippen LogP contribution in [0.1, 0.15) is 16.8 Å². The number of β-amino-alcohol motifs (C(OH)–C–C–N with tert-alkyl or cyclic N) is 1. The Bertz CT molecular complexity index is 552. The molecule has 7 heteroatoms. The number of rotatable bonds is 3. The molecule has 0 saturated carbocycles. The van der Waals surface area contributed by atoms with Gasteiger partial charge in [0.25, 0.3) is 5.91 Å². The number of nitrogens with zero attached hydrogens (tertiary/aromatic N) is 1. The first-order chi connectivity index (χ1) is 9.89. The molecule has 0 aromatic heterocycles. The zero-order valence-corrected chi connectivity index (χ0v) is 12.2. The van der Waals surface area contributed by atoms with E-state index < -0.39 is 11.5 Å². The smallest absolute Gasteiger partial charge is 0.254 e. The molecule has 2 amide bonds. The summed E-state index contributed by atoms with van der Waals surface area (Å²) in [6.07, 6.45) is -0.258. The molecule has 0 aliphatic carbocycles. The van der Waals surface area contributed by atoms with Crippen molar-refractivity contribution in [1.29, 1.82) is 0 Å². The number of hydrogen-bond acceptors (Lipinski definition) is 4. The molecular formula is C14H17ClN2O4. The van der Waals surface area contributed by atoms with Gasteiger partial charge >= 0.3 is 0 Å². The van der Waals surface area contributed by atoms with Crippen molar-refractivity contribution >= 4 is 23.4 Å². The molecule has 1 aliphatic rings. The zero-order chi connectivity index (χ0) is 15.5. The molecule has 0 spiro atoms. The molecule has 0 bridgehead atoms. The van der Waals surface area contributed by atoms with Crippen LogP contribution in [-0.4, -0.2) is 53.7 Å². The van der Waals surface area contributed by atoms with E-state index in [4.69, 9.17) is 22.1 Å². The molecule has 1 atom stereocenters. The first-order valence-corrected chi connectivity index (χ1v) is 6.91. The zero-order valence-electron chi connectivity index (χ0n) is 11.4. The van der Waals surface area contributed by atoms with Crippen LogP contribution in [0.15, 0.2) is 24.3 Å². The lowest BCUT2D eigenvalue weighted by molar-refractivity contribution is -0.125. The Morgan fingerprint density at radius 2 is 2.24 bits per heavy atom. The van der Waals surface area contributed by atoms with Gasteiger partial charge < -0.3 is 20.5 Å². The van der Waals surface area contributed by atoms with Gasteiger partial charge in [-0.1, -0.05) is 17.7 Å². The fraction of sp³-hybridized carbons (Fsp3) is 0.429. The van der Waals surface area contributed by atoms with Crippen molar-refractivity contribution in [2.75, 3.05) is 26.3 Å². The van der Waals surface area contributed by atoms with Gasteiger partial charge in [-0.2, -0.15) is 0 Å². The maximum absolute atomic E-state index is 12.5.